The van der Waals surface area contributed by atoms with E-state index in [0.29, 0.717) is 0 Å². The summed E-state index contributed by atoms with van der Waals surface area (Å²) in [4.78, 5) is 20.9. The number of nitro groups is 1. The van der Waals surface area contributed by atoms with Gasteiger partial charge in [0.1, 0.15) is 6.04 Å². The topological polar surface area (TPSA) is 118 Å². The molecule has 0 aliphatic carbocycles. The van der Waals surface area contributed by atoms with Crippen LogP contribution in [0.25, 0.3) is 0 Å². The molecule has 2 rings (SSSR count). The predicted octanol–water partition coefficient (Wildman–Crippen LogP) is 1.13. The van der Waals surface area contributed by atoms with Crippen LogP contribution in [0.15, 0.2) is 29.2 Å². The summed E-state index contributed by atoms with van der Waals surface area (Å²) < 4.78 is 26.1. The van der Waals surface area contributed by atoms with Crippen LogP contribution in [0.2, 0.25) is 0 Å². The number of sulfonamides is 1. The van der Waals surface area contributed by atoms with Crippen LogP contribution in [0, 0.1) is 10.1 Å². The molecule has 0 saturated carbocycles. The maximum atomic E-state index is 12.6. The van der Waals surface area contributed by atoms with Gasteiger partial charge in [-0.1, -0.05) is 12.1 Å². The highest BCUT2D eigenvalue weighted by molar-refractivity contribution is 8.01. The van der Waals surface area contributed by atoms with Gasteiger partial charge in [0.05, 0.1) is 10.3 Å². The average Bonchev–Trinajstić information content (AvgIpc) is 2.81. The third-order valence-electron chi connectivity index (χ3n) is 3.06. The van der Waals surface area contributed by atoms with Gasteiger partial charge in [0.25, 0.3) is 15.7 Å². The maximum Gasteiger partial charge on any atom is 0.322 e. The fourth-order valence-electron chi connectivity index (χ4n) is 2.11. The van der Waals surface area contributed by atoms with Gasteiger partial charge in [0.2, 0.25) is 0 Å². The first-order chi connectivity index (χ1) is 9.76. The molecule has 0 bridgehead atoms. The van der Waals surface area contributed by atoms with Gasteiger partial charge in [-0.05, 0) is 13.0 Å². The Morgan fingerprint density at radius 2 is 2.10 bits per heavy atom. The summed E-state index contributed by atoms with van der Waals surface area (Å²) in [6.45, 7) is 1.56. The number of benzene rings is 1. The molecule has 1 aliphatic heterocycles. The van der Waals surface area contributed by atoms with Crippen molar-refractivity contribution in [1.82, 2.24) is 4.31 Å². The van der Waals surface area contributed by atoms with Crippen LogP contribution in [0.4, 0.5) is 5.69 Å². The molecule has 1 saturated heterocycles. The monoisotopic (exact) mass is 332 g/mol. The van der Waals surface area contributed by atoms with E-state index >= 15 is 0 Å². The molecule has 0 radical (unpaired) electrons. The normalized spacial score (nSPS) is 23.1. The zero-order valence-corrected chi connectivity index (χ0v) is 12.5. The van der Waals surface area contributed by atoms with Crippen molar-refractivity contribution >= 4 is 33.4 Å². The van der Waals surface area contributed by atoms with Gasteiger partial charge in [0.15, 0.2) is 4.90 Å². The van der Waals surface area contributed by atoms with Gasteiger partial charge < -0.3 is 5.11 Å². The Labute approximate surface area is 125 Å². The molecule has 0 aromatic heterocycles. The Balaban J connectivity index is 2.57. The molecule has 2 atom stereocenters. The van der Waals surface area contributed by atoms with Crippen LogP contribution in [-0.2, 0) is 14.8 Å². The van der Waals surface area contributed by atoms with Crippen LogP contribution in [-0.4, -0.2) is 45.9 Å². The fourth-order valence-corrected chi connectivity index (χ4v) is 5.56. The van der Waals surface area contributed by atoms with Gasteiger partial charge in [-0.15, -0.1) is 11.8 Å². The minimum atomic E-state index is -4.27. The largest absolute Gasteiger partial charge is 0.480 e. The highest BCUT2D eigenvalue weighted by Crippen LogP contribution is 2.36. The number of carbonyl (C=O) groups is 1. The number of hydrogen-bond acceptors (Lipinski definition) is 6. The number of para-hydroxylation sites is 1. The number of rotatable bonds is 4. The molecular formula is C11H12N2O6S2. The van der Waals surface area contributed by atoms with Crippen molar-refractivity contribution in [3.05, 3.63) is 34.4 Å². The highest BCUT2D eigenvalue weighted by atomic mass is 32.2. The van der Waals surface area contributed by atoms with Gasteiger partial charge in [-0.3, -0.25) is 14.9 Å². The van der Waals surface area contributed by atoms with Gasteiger partial charge in [-0.2, -0.15) is 4.31 Å². The summed E-state index contributed by atoms with van der Waals surface area (Å²) in [5.41, 5.74) is -0.564. The van der Waals surface area contributed by atoms with E-state index in [2.05, 4.69) is 0 Å². The molecule has 0 amide bonds. The second kappa shape index (κ2) is 5.62. The molecule has 1 aromatic rings. The van der Waals surface area contributed by atoms with Crippen molar-refractivity contribution in [3.8, 4) is 0 Å². The number of carboxylic acid groups (broad SMARTS) is 1. The second-order valence-corrected chi connectivity index (χ2v) is 7.51. The minimum absolute atomic E-state index is 0.108. The van der Waals surface area contributed by atoms with E-state index in [1.807, 2.05) is 0 Å². The molecule has 114 valence electrons. The van der Waals surface area contributed by atoms with E-state index in [1.165, 1.54) is 23.9 Å². The van der Waals surface area contributed by atoms with Crippen molar-refractivity contribution in [2.24, 2.45) is 0 Å². The summed E-state index contributed by atoms with van der Waals surface area (Å²) in [5.74, 6) is -1.16. The Bertz CT molecular complexity index is 690. The molecule has 1 aliphatic rings. The quantitative estimate of drug-likeness (QED) is 0.648. The number of hydrogen-bond donors (Lipinski definition) is 1. The van der Waals surface area contributed by atoms with E-state index in [1.54, 1.807) is 6.92 Å². The van der Waals surface area contributed by atoms with Gasteiger partial charge in [-0.25, -0.2) is 8.42 Å². The molecule has 21 heavy (non-hydrogen) atoms. The third-order valence-corrected chi connectivity index (χ3v) is 6.44. The summed E-state index contributed by atoms with van der Waals surface area (Å²) in [6, 6.07) is 3.69. The Kier molecular flexibility index (Phi) is 4.21. The first kappa shape index (κ1) is 15.7. The Morgan fingerprint density at radius 1 is 1.48 bits per heavy atom. The SMILES string of the molecule is CC1SCC(C(=O)O)N1S(=O)(=O)c1ccccc1[N+](=O)[O-]. The Morgan fingerprint density at radius 3 is 2.67 bits per heavy atom. The molecule has 1 heterocycles. The van der Waals surface area contributed by atoms with E-state index in [9.17, 15) is 23.3 Å². The van der Waals surface area contributed by atoms with Crippen LogP contribution >= 0.6 is 11.8 Å². The maximum absolute atomic E-state index is 12.6. The fraction of sp³-hybridized carbons (Fsp3) is 0.364. The van der Waals surface area contributed by atoms with Crippen molar-refractivity contribution in [1.29, 1.82) is 0 Å². The van der Waals surface area contributed by atoms with Crippen molar-refractivity contribution in [3.63, 3.8) is 0 Å². The zero-order chi connectivity index (χ0) is 15.8. The standard InChI is InChI=1S/C11H12N2O6S2/c1-7-12(9(6-20-7)11(14)15)21(18,19)10-5-3-2-4-8(10)13(16)17/h2-5,7,9H,6H2,1H3,(H,14,15). The van der Waals surface area contributed by atoms with Gasteiger partial charge in [0, 0.05) is 11.8 Å². The Hall–Kier alpha value is -1.65. The molecule has 8 nitrogen and oxygen atoms in total. The average molecular weight is 332 g/mol. The third kappa shape index (κ3) is 2.74. The highest BCUT2D eigenvalue weighted by Gasteiger charge is 2.46. The molecule has 0 spiro atoms. The number of nitrogens with zero attached hydrogens (tertiary/aromatic N) is 2. The van der Waals surface area contributed by atoms with E-state index < -0.39 is 42.9 Å². The predicted molar refractivity (Wildman–Crippen MR) is 75.5 cm³/mol. The lowest BCUT2D eigenvalue weighted by Gasteiger charge is -2.23. The van der Waals surface area contributed by atoms with Crippen LogP contribution in [0.1, 0.15) is 6.92 Å². The molecule has 2 unspecified atom stereocenters. The second-order valence-electron chi connectivity index (χ2n) is 4.35. The first-order valence-corrected chi connectivity index (χ1v) is 8.37. The summed E-state index contributed by atoms with van der Waals surface area (Å²) in [7, 11) is -4.27. The van der Waals surface area contributed by atoms with Crippen LogP contribution in [0.3, 0.4) is 0 Å². The number of carboxylic acids is 1. The zero-order valence-electron chi connectivity index (χ0n) is 10.9. The van der Waals surface area contributed by atoms with Crippen LogP contribution < -0.4 is 0 Å². The first-order valence-electron chi connectivity index (χ1n) is 5.88. The van der Waals surface area contributed by atoms with Gasteiger partial charge >= 0.3 is 5.97 Å². The lowest BCUT2D eigenvalue weighted by molar-refractivity contribution is -0.387. The van der Waals surface area contributed by atoms with Crippen molar-refractivity contribution in [2.45, 2.75) is 23.2 Å². The smallest absolute Gasteiger partial charge is 0.322 e. The summed E-state index contributed by atoms with van der Waals surface area (Å²) in [5, 5.41) is 19.5. The lowest BCUT2D eigenvalue weighted by atomic mass is 10.3. The van der Waals surface area contributed by atoms with E-state index in [-0.39, 0.29) is 5.75 Å². The minimum Gasteiger partial charge on any atom is -0.480 e. The summed E-state index contributed by atoms with van der Waals surface area (Å²) >= 11 is 1.17. The van der Waals surface area contributed by atoms with E-state index in [0.717, 1.165) is 16.4 Å². The molecule has 1 N–H and O–H groups in total. The number of nitro benzene ring substituents is 1. The van der Waals surface area contributed by atoms with Crippen LogP contribution in [0.5, 0.6) is 0 Å². The summed E-state index contributed by atoms with van der Waals surface area (Å²) in [6.07, 6.45) is 0. The van der Waals surface area contributed by atoms with Crippen molar-refractivity contribution < 1.29 is 23.2 Å². The van der Waals surface area contributed by atoms with E-state index in [4.69, 9.17) is 5.11 Å². The van der Waals surface area contributed by atoms with Crippen molar-refractivity contribution in [2.75, 3.05) is 5.75 Å². The molecule has 1 fully saturated rings. The lowest BCUT2D eigenvalue weighted by Crippen LogP contribution is -2.44. The number of aliphatic carboxylic acids is 1. The number of thioether (sulfide) groups is 1. The molecular weight excluding hydrogens is 320 g/mol. The molecule has 1 aromatic carbocycles. The molecule has 10 heteroatoms.